The van der Waals surface area contributed by atoms with Gasteiger partial charge in [-0.2, -0.15) is 0 Å². The highest BCUT2D eigenvalue weighted by Gasteiger charge is 2.51. The summed E-state index contributed by atoms with van der Waals surface area (Å²) in [6.45, 7) is 16.7. The van der Waals surface area contributed by atoms with Crippen LogP contribution >= 0.6 is 0 Å². The molecule has 0 atom stereocenters. The van der Waals surface area contributed by atoms with Crippen molar-refractivity contribution >= 4 is 8.24 Å². The summed E-state index contributed by atoms with van der Waals surface area (Å²) in [4.78, 5) is 3.74. The van der Waals surface area contributed by atoms with E-state index in [2.05, 4.69) is 60.5 Å². The van der Waals surface area contributed by atoms with Gasteiger partial charge < -0.3 is 4.98 Å². The van der Waals surface area contributed by atoms with Crippen molar-refractivity contribution in [1.82, 2.24) is 4.98 Å². The van der Waals surface area contributed by atoms with Crippen LogP contribution in [0.5, 0.6) is 0 Å². The fourth-order valence-electron chi connectivity index (χ4n) is 3.12. The van der Waals surface area contributed by atoms with Gasteiger partial charge in [-0.3, -0.25) is 0 Å². The molecule has 0 saturated carbocycles. The van der Waals surface area contributed by atoms with E-state index in [1.807, 2.05) is 0 Å². The number of rotatable bonds is 3. The van der Waals surface area contributed by atoms with Gasteiger partial charge in [0.05, 0.1) is 0 Å². The van der Waals surface area contributed by atoms with E-state index in [1.54, 1.807) is 0 Å². The Morgan fingerprint density at radius 3 is 1.36 bits per heavy atom. The summed E-state index contributed by atoms with van der Waals surface area (Å²) >= 11 is 0. The van der Waals surface area contributed by atoms with E-state index in [9.17, 15) is 0 Å². The van der Waals surface area contributed by atoms with E-state index >= 15 is 0 Å². The molecule has 0 rings (SSSR count). The van der Waals surface area contributed by atoms with Crippen LogP contribution in [0.15, 0.2) is 0 Å². The van der Waals surface area contributed by atoms with Gasteiger partial charge in [0.15, 0.2) is 0 Å². The van der Waals surface area contributed by atoms with Gasteiger partial charge in [-0.1, -0.05) is 54.9 Å². The molecule has 14 heavy (non-hydrogen) atoms. The first-order valence-electron chi connectivity index (χ1n) is 5.81. The SMILES string of the molecule is CCC[Si](NC)(C(C)(C)C)C(C)(C)C. The Balaban J connectivity index is 5.21. The van der Waals surface area contributed by atoms with Crippen LogP contribution in [0.4, 0.5) is 0 Å². The third kappa shape index (κ3) is 2.40. The highest BCUT2D eigenvalue weighted by molar-refractivity contribution is 6.82. The summed E-state index contributed by atoms with van der Waals surface area (Å²) < 4.78 is 0. The zero-order chi connectivity index (χ0) is 11.6. The normalized spacial score (nSPS) is 14.6. The molecule has 2 heteroatoms. The van der Waals surface area contributed by atoms with Gasteiger partial charge in [-0.25, -0.2) is 0 Å². The number of hydrogen-bond donors (Lipinski definition) is 1. The molecule has 0 aliphatic carbocycles. The Hall–Kier alpha value is 0.177. The van der Waals surface area contributed by atoms with Gasteiger partial charge in [0.25, 0.3) is 0 Å². The second-order valence-corrected chi connectivity index (χ2v) is 12.2. The monoisotopic (exact) mass is 215 g/mol. The van der Waals surface area contributed by atoms with Crippen molar-refractivity contribution in [2.75, 3.05) is 7.05 Å². The second-order valence-electron chi connectivity index (χ2n) is 6.41. The lowest BCUT2D eigenvalue weighted by Crippen LogP contribution is -2.61. The summed E-state index contributed by atoms with van der Waals surface area (Å²) in [6.07, 6.45) is 1.29. The smallest absolute Gasteiger partial charge is 0.136 e. The standard InChI is InChI=1S/C12H29NSi/c1-9-10-14(13-8,11(2,3)4)12(5,6)7/h13H,9-10H2,1-8H3. The molecule has 0 aliphatic heterocycles. The van der Waals surface area contributed by atoms with Crippen LogP contribution in [0.2, 0.25) is 16.1 Å². The highest BCUT2D eigenvalue weighted by atomic mass is 28.3. The molecule has 0 radical (unpaired) electrons. The van der Waals surface area contributed by atoms with Crippen LogP contribution in [0.3, 0.4) is 0 Å². The molecular weight excluding hydrogens is 186 g/mol. The fraction of sp³-hybridized carbons (Fsp3) is 1.00. The van der Waals surface area contributed by atoms with Gasteiger partial charge in [0, 0.05) is 0 Å². The Bertz CT molecular complexity index is 160. The molecule has 1 nitrogen and oxygen atoms in total. The number of nitrogens with one attached hydrogen (secondary N) is 1. The molecule has 0 aromatic heterocycles. The van der Waals surface area contributed by atoms with Crippen LogP contribution < -0.4 is 4.98 Å². The Labute approximate surface area is 91.8 Å². The van der Waals surface area contributed by atoms with Crippen LogP contribution in [0.1, 0.15) is 54.9 Å². The summed E-state index contributed by atoms with van der Waals surface area (Å²) in [6, 6.07) is 1.37. The minimum atomic E-state index is -1.42. The lowest BCUT2D eigenvalue weighted by atomic mass is 10.2. The molecule has 0 aromatic carbocycles. The van der Waals surface area contributed by atoms with E-state index in [-0.39, 0.29) is 0 Å². The van der Waals surface area contributed by atoms with Crippen LogP contribution in [-0.4, -0.2) is 15.3 Å². The zero-order valence-corrected chi connectivity index (χ0v) is 12.4. The second kappa shape index (κ2) is 4.36. The van der Waals surface area contributed by atoms with E-state index in [4.69, 9.17) is 0 Å². The Morgan fingerprint density at radius 1 is 0.929 bits per heavy atom. The van der Waals surface area contributed by atoms with Gasteiger partial charge in [0.1, 0.15) is 8.24 Å². The van der Waals surface area contributed by atoms with E-state index in [0.717, 1.165) is 0 Å². The van der Waals surface area contributed by atoms with Crippen molar-refractivity contribution in [3.63, 3.8) is 0 Å². The van der Waals surface area contributed by atoms with Crippen molar-refractivity contribution < 1.29 is 0 Å². The molecule has 0 spiro atoms. The summed E-state index contributed by atoms with van der Waals surface area (Å²) in [5.74, 6) is 0. The van der Waals surface area contributed by atoms with E-state index in [1.165, 1.54) is 12.5 Å². The van der Waals surface area contributed by atoms with Crippen molar-refractivity contribution in [3.05, 3.63) is 0 Å². The minimum absolute atomic E-state index is 0.427. The molecule has 1 N–H and O–H groups in total. The van der Waals surface area contributed by atoms with Gasteiger partial charge in [-0.05, 0) is 23.2 Å². The zero-order valence-electron chi connectivity index (χ0n) is 11.4. The molecule has 0 fully saturated rings. The molecule has 0 saturated heterocycles. The molecule has 86 valence electrons. The van der Waals surface area contributed by atoms with Crippen molar-refractivity contribution in [1.29, 1.82) is 0 Å². The Kier molecular flexibility index (Phi) is 4.41. The van der Waals surface area contributed by atoms with Crippen LogP contribution in [-0.2, 0) is 0 Å². The summed E-state index contributed by atoms with van der Waals surface area (Å²) in [5.41, 5.74) is 0. The third-order valence-electron chi connectivity index (χ3n) is 3.61. The van der Waals surface area contributed by atoms with Crippen LogP contribution in [0, 0.1) is 0 Å². The fourth-order valence-corrected chi connectivity index (χ4v) is 9.38. The van der Waals surface area contributed by atoms with Crippen LogP contribution in [0.25, 0.3) is 0 Å². The predicted octanol–water partition coefficient (Wildman–Crippen LogP) is 4.16. The largest absolute Gasteiger partial charge is 0.339 e. The average Bonchev–Trinajstić information content (AvgIpc) is 1.94. The number of hydrogen-bond acceptors (Lipinski definition) is 1. The predicted molar refractivity (Wildman–Crippen MR) is 69.3 cm³/mol. The third-order valence-corrected chi connectivity index (χ3v) is 10.8. The van der Waals surface area contributed by atoms with Crippen molar-refractivity contribution in [2.24, 2.45) is 0 Å². The summed E-state index contributed by atoms with van der Waals surface area (Å²) in [7, 11) is 0.742. The van der Waals surface area contributed by atoms with E-state index < -0.39 is 8.24 Å². The minimum Gasteiger partial charge on any atom is -0.339 e. The molecule has 0 heterocycles. The van der Waals surface area contributed by atoms with E-state index in [0.29, 0.717) is 10.1 Å². The topological polar surface area (TPSA) is 12.0 Å². The highest BCUT2D eigenvalue weighted by Crippen LogP contribution is 2.51. The summed E-state index contributed by atoms with van der Waals surface area (Å²) in [5, 5.41) is 0.853. The molecule has 0 unspecified atom stereocenters. The quantitative estimate of drug-likeness (QED) is 0.697. The van der Waals surface area contributed by atoms with Crippen molar-refractivity contribution in [3.8, 4) is 0 Å². The maximum atomic E-state index is 3.74. The molecule has 0 aromatic rings. The van der Waals surface area contributed by atoms with Gasteiger partial charge in [-0.15, -0.1) is 0 Å². The lowest BCUT2D eigenvalue weighted by Gasteiger charge is -2.51. The van der Waals surface area contributed by atoms with Crippen molar-refractivity contribution in [2.45, 2.75) is 71.0 Å². The molecular formula is C12H29NSi. The molecule has 0 amide bonds. The maximum Gasteiger partial charge on any atom is 0.136 e. The first-order valence-corrected chi connectivity index (χ1v) is 8.02. The Morgan fingerprint density at radius 2 is 1.29 bits per heavy atom. The maximum absolute atomic E-state index is 3.74. The van der Waals surface area contributed by atoms with Gasteiger partial charge in [0.2, 0.25) is 0 Å². The first kappa shape index (κ1) is 14.2. The van der Waals surface area contributed by atoms with Gasteiger partial charge >= 0.3 is 0 Å². The lowest BCUT2D eigenvalue weighted by molar-refractivity contribution is 0.579. The average molecular weight is 215 g/mol. The first-order chi connectivity index (χ1) is 6.12. The molecule has 0 aliphatic rings. The molecule has 0 bridgehead atoms.